The van der Waals surface area contributed by atoms with Crippen molar-refractivity contribution in [3.63, 3.8) is 0 Å². The molecule has 130 valence electrons. The van der Waals surface area contributed by atoms with Gasteiger partial charge >= 0.3 is 0 Å². The molecule has 0 radical (unpaired) electrons. The van der Waals surface area contributed by atoms with Crippen molar-refractivity contribution in [2.75, 3.05) is 19.9 Å². The molecule has 1 N–H and O–H groups in total. The summed E-state index contributed by atoms with van der Waals surface area (Å²) < 4.78 is 10.7. The van der Waals surface area contributed by atoms with E-state index in [9.17, 15) is 9.90 Å². The highest BCUT2D eigenvalue weighted by atomic mass is 16.7. The van der Waals surface area contributed by atoms with E-state index >= 15 is 0 Å². The van der Waals surface area contributed by atoms with Crippen molar-refractivity contribution >= 4 is 5.91 Å². The van der Waals surface area contributed by atoms with Gasteiger partial charge in [0.1, 0.15) is 0 Å². The molecule has 1 saturated heterocycles. The van der Waals surface area contributed by atoms with Gasteiger partial charge in [-0.05, 0) is 43.4 Å². The Morgan fingerprint density at radius 2 is 2.12 bits per heavy atom. The fraction of sp³-hybridized carbons (Fsp3) is 0.632. The lowest BCUT2D eigenvalue weighted by Crippen LogP contribution is -2.54. The highest BCUT2D eigenvalue weighted by Gasteiger charge is 2.43. The average Bonchev–Trinajstić information content (AvgIpc) is 3.06. The van der Waals surface area contributed by atoms with Crippen LogP contribution in [-0.2, 0) is 11.2 Å². The van der Waals surface area contributed by atoms with E-state index in [2.05, 4.69) is 0 Å². The van der Waals surface area contributed by atoms with Crippen LogP contribution in [0.15, 0.2) is 18.2 Å². The molecule has 1 aliphatic carbocycles. The van der Waals surface area contributed by atoms with Gasteiger partial charge < -0.3 is 19.5 Å². The number of hydrogen-bond donors (Lipinski definition) is 1. The van der Waals surface area contributed by atoms with Crippen LogP contribution in [0.3, 0.4) is 0 Å². The lowest BCUT2D eigenvalue weighted by atomic mass is 9.71. The Kier molecular flexibility index (Phi) is 4.12. The molecule has 0 spiro atoms. The standard InChI is InChI=1S/C19H25NO4/c21-18(7-5-14-4-6-16-17(11-14)24-13-23-16)20-10-9-19(22)8-2-1-3-15(19)12-20/h4,6,11,15,22H,1-3,5,7-10,12-13H2/t15-,19-/m0/s1. The van der Waals surface area contributed by atoms with Crippen LogP contribution in [-0.4, -0.2) is 41.4 Å². The van der Waals surface area contributed by atoms with E-state index in [1.54, 1.807) is 0 Å². The Labute approximate surface area is 142 Å². The molecule has 5 heteroatoms. The summed E-state index contributed by atoms with van der Waals surface area (Å²) in [4.78, 5) is 14.5. The second-order valence-electron chi connectivity index (χ2n) is 7.32. The smallest absolute Gasteiger partial charge is 0.231 e. The number of piperidine rings is 1. The van der Waals surface area contributed by atoms with Crippen molar-refractivity contribution in [3.8, 4) is 11.5 Å². The van der Waals surface area contributed by atoms with Crippen LogP contribution < -0.4 is 9.47 Å². The van der Waals surface area contributed by atoms with E-state index in [4.69, 9.17) is 9.47 Å². The lowest BCUT2D eigenvalue weighted by molar-refractivity contribution is -0.143. The van der Waals surface area contributed by atoms with E-state index in [0.29, 0.717) is 19.4 Å². The van der Waals surface area contributed by atoms with Gasteiger partial charge in [0.2, 0.25) is 12.7 Å². The highest BCUT2D eigenvalue weighted by molar-refractivity contribution is 5.76. The molecule has 5 nitrogen and oxygen atoms in total. The number of amides is 1. The summed E-state index contributed by atoms with van der Waals surface area (Å²) in [5.41, 5.74) is 0.575. The minimum absolute atomic E-state index is 0.195. The fourth-order valence-electron chi connectivity index (χ4n) is 4.30. The molecule has 1 amide bonds. The van der Waals surface area contributed by atoms with Crippen molar-refractivity contribution in [2.24, 2.45) is 5.92 Å². The topological polar surface area (TPSA) is 59.0 Å². The summed E-state index contributed by atoms with van der Waals surface area (Å²) >= 11 is 0. The number of fused-ring (bicyclic) bond motifs is 2. The number of aryl methyl sites for hydroxylation is 1. The third-order valence-electron chi connectivity index (χ3n) is 5.84. The minimum atomic E-state index is -0.521. The number of carbonyl (C=O) groups excluding carboxylic acids is 1. The largest absolute Gasteiger partial charge is 0.454 e. The zero-order valence-corrected chi connectivity index (χ0v) is 14.0. The second kappa shape index (κ2) is 6.28. The molecule has 1 aromatic carbocycles. The molecule has 2 atom stereocenters. The third kappa shape index (κ3) is 2.97. The molecule has 0 bridgehead atoms. The lowest BCUT2D eigenvalue weighted by Gasteiger charge is -2.47. The second-order valence-corrected chi connectivity index (χ2v) is 7.32. The number of ether oxygens (including phenoxy) is 2. The van der Waals surface area contributed by atoms with Crippen LogP contribution in [0, 0.1) is 5.92 Å². The number of rotatable bonds is 3. The van der Waals surface area contributed by atoms with Gasteiger partial charge in [-0.3, -0.25) is 4.79 Å². The number of aliphatic hydroxyl groups is 1. The van der Waals surface area contributed by atoms with Crippen LogP contribution in [0.5, 0.6) is 11.5 Å². The van der Waals surface area contributed by atoms with E-state index in [1.807, 2.05) is 23.1 Å². The van der Waals surface area contributed by atoms with Gasteiger partial charge in [0, 0.05) is 25.4 Å². The molecule has 2 fully saturated rings. The average molecular weight is 331 g/mol. The van der Waals surface area contributed by atoms with Gasteiger partial charge in [-0.15, -0.1) is 0 Å². The Bertz CT molecular complexity index is 632. The van der Waals surface area contributed by atoms with Gasteiger partial charge in [0.05, 0.1) is 5.60 Å². The van der Waals surface area contributed by atoms with Gasteiger partial charge in [-0.2, -0.15) is 0 Å². The molecule has 2 aliphatic heterocycles. The van der Waals surface area contributed by atoms with Crippen molar-refractivity contribution in [2.45, 2.75) is 50.5 Å². The van der Waals surface area contributed by atoms with E-state index < -0.39 is 5.60 Å². The van der Waals surface area contributed by atoms with Crippen molar-refractivity contribution in [1.29, 1.82) is 0 Å². The maximum atomic E-state index is 12.6. The van der Waals surface area contributed by atoms with Crippen LogP contribution in [0.4, 0.5) is 0 Å². The number of carbonyl (C=O) groups is 1. The SMILES string of the molecule is O=C(CCc1ccc2c(c1)OCO2)N1CC[C@@]2(O)CCCC[C@H]2C1. The summed E-state index contributed by atoms with van der Waals surface area (Å²) in [7, 11) is 0. The Morgan fingerprint density at radius 1 is 1.25 bits per heavy atom. The zero-order chi connectivity index (χ0) is 16.6. The Morgan fingerprint density at radius 3 is 3.04 bits per heavy atom. The molecule has 0 aromatic heterocycles. The fourth-order valence-corrected chi connectivity index (χ4v) is 4.30. The Balaban J connectivity index is 1.33. The van der Waals surface area contributed by atoms with Crippen LogP contribution in [0.2, 0.25) is 0 Å². The summed E-state index contributed by atoms with van der Waals surface area (Å²) in [6, 6.07) is 5.87. The molecule has 1 saturated carbocycles. The summed E-state index contributed by atoms with van der Waals surface area (Å²) in [6.45, 7) is 1.68. The van der Waals surface area contributed by atoms with Gasteiger partial charge in [-0.25, -0.2) is 0 Å². The number of benzene rings is 1. The van der Waals surface area contributed by atoms with Crippen molar-refractivity contribution in [3.05, 3.63) is 23.8 Å². The maximum Gasteiger partial charge on any atom is 0.231 e. The first kappa shape index (κ1) is 15.8. The van der Waals surface area contributed by atoms with E-state index in [-0.39, 0.29) is 18.6 Å². The van der Waals surface area contributed by atoms with E-state index in [1.165, 1.54) is 6.42 Å². The molecule has 1 aromatic rings. The first-order valence-electron chi connectivity index (χ1n) is 9.03. The molecule has 4 rings (SSSR count). The molecule has 0 unspecified atom stereocenters. The summed E-state index contributed by atoms with van der Waals surface area (Å²) in [6.07, 6.45) is 6.18. The minimum Gasteiger partial charge on any atom is -0.454 e. The van der Waals surface area contributed by atoms with Gasteiger partial charge in [0.25, 0.3) is 0 Å². The molecule has 2 heterocycles. The van der Waals surface area contributed by atoms with Crippen LogP contribution in [0.25, 0.3) is 0 Å². The highest BCUT2D eigenvalue weighted by Crippen LogP contribution is 2.40. The van der Waals surface area contributed by atoms with Crippen LogP contribution >= 0.6 is 0 Å². The normalized spacial score (nSPS) is 28.5. The molecule has 3 aliphatic rings. The molecular formula is C19H25NO4. The third-order valence-corrected chi connectivity index (χ3v) is 5.84. The monoisotopic (exact) mass is 331 g/mol. The number of hydrogen-bond acceptors (Lipinski definition) is 4. The number of likely N-dealkylation sites (tertiary alicyclic amines) is 1. The van der Waals surface area contributed by atoms with Gasteiger partial charge in [0.15, 0.2) is 11.5 Å². The summed E-state index contributed by atoms with van der Waals surface area (Å²) in [5, 5.41) is 10.7. The maximum absolute atomic E-state index is 12.6. The first-order valence-corrected chi connectivity index (χ1v) is 9.03. The van der Waals surface area contributed by atoms with Crippen molar-refractivity contribution in [1.82, 2.24) is 4.90 Å². The molecular weight excluding hydrogens is 306 g/mol. The van der Waals surface area contributed by atoms with Crippen LogP contribution in [0.1, 0.15) is 44.1 Å². The van der Waals surface area contributed by atoms with E-state index in [0.717, 1.165) is 49.3 Å². The first-order chi connectivity index (χ1) is 11.6. The quantitative estimate of drug-likeness (QED) is 0.924. The predicted molar refractivity (Wildman–Crippen MR) is 89.0 cm³/mol. The van der Waals surface area contributed by atoms with Crippen molar-refractivity contribution < 1.29 is 19.4 Å². The Hall–Kier alpha value is -1.75. The van der Waals surface area contributed by atoms with Gasteiger partial charge in [-0.1, -0.05) is 18.9 Å². The molecule has 24 heavy (non-hydrogen) atoms. The summed E-state index contributed by atoms with van der Waals surface area (Å²) in [5.74, 6) is 2.00. The zero-order valence-electron chi connectivity index (χ0n) is 14.0. The predicted octanol–water partition coefficient (Wildman–Crippen LogP) is 2.50. The number of nitrogens with zero attached hydrogens (tertiary/aromatic N) is 1.